The van der Waals surface area contributed by atoms with E-state index in [-0.39, 0.29) is 11.9 Å². The number of amides is 1. The van der Waals surface area contributed by atoms with Crippen molar-refractivity contribution in [2.45, 2.75) is 26.3 Å². The molecule has 6 heteroatoms. The zero-order valence-corrected chi connectivity index (χ0v) is 16.6. The van der Waals surface area contributed by atoms with Crippen LogP contribution in [0.25, 0.3) is 17.1 Å². The zero-order chi connectivity index (χ0) is 19.1. The van der Waals surface area contributed by atoms with E-state index in [0.717, 1.165) is 23.4 Å². The van der Waals surface area contributed by atoms with E-state index in [0.29, 0.717) is 28.1 Å². The first-order chi connectivity index (χ1) is 13.0. The van der Waals surface area contributed by atoms with Gasteiger partial charge in [-0.25, -0.2) is 4.98 Å². The first-order valence-electron chi connectivity index (χ1n) is 8.91. The Morgan fingerprint density at radius 3 is 2.41 bits per heavy atom. The highest BCUT2D eigenvalue weighted by atomic mass is 35.5. The molecule has 1 aliphatic rings. The molecule has 1 aromatic heterocycles. The summed E-state index contributed by atoms with van der Waals surface area (Å²) in [5, 5.41) is 1.24. The van der Waals surface area contributed by atoms with Gasteiger partial charge in [0.05, 0.1) is 10.7 Å². The summed E-state index contributed by atoms with van der Waals surface area (Å²) < 4.78 is 1.91. The molecule has 0 atom stereocenters. The summed E-state index contributed by atoms with van der Waals surface area (Å²) in [5.41, 5.74) is 3.04. The average molecular weight is 400 g/mol. The lowest BCUT2D eigenvalue weighted by atomic mass is 10.1. The van der Waals surface area contributed by atoms with Gasteiger partial charge in [-0.2, -0.15) is 0 Å². The molecular formula is C21H19Cl2N3O. The second-order valence-electron chi connectivity index (χ2n) is 6.86. The SMILES string of the molecule is CC(C)N1CCc2nc(-c3ccccc3Cl)n(-c3ccc(Cl)cc3)c2C1=O. The van der Waals surface area contributed by atoms with Crippen molar-refractivity contribution >= 4 is 29.1 Å². The predicted octanol–water partition coefficient (Wildman–Crippen LogP) is 5.25. The molecule has 0 bridgehead atoms. The van der Waals surface area contributed by atoms with Gasteiger partial charge < -0.3 is 4.90 Å². The Labute approximate surface area is 168 Å². The molecule has 2 heterocycles. The van der Waals surface area contributed by atoms with E-state index in [9.17, 15) is 4.79 Å². The maximum absolute atomic E-state index is 13.3. The molecule has 27 heavy (non-hydrogen) atoms. The van der Waals surface area contributed by atoms with Crippen LogP contribution < -0.4 is 0 Å². The summed E-state index contributed by atoms with van der Waals surface area (Å²) in [5.74, 6) is 0.666. The van der Waals surface area contributed by atoms with Crippen LogP contribution in [-0.4, -0.2) is 32.9 Å². The third-order valence-corrected chi connectivity index (χ3v) is 5.41. The van der Waals surface area contributed by atoms with Gasteiger partial charge >= 0.3 is 0 Å². The van der Waals surface area contributed by atoms with E-state index < -0.39 is 0 Å². The molecule has 2 aromatic carbocycles. The van der Waals surface area contributed by atoms with Gasteiger partial charge in [0, 0.05) is 35.3 Å². The Hall–Kier alpha value is -2.30. The number of aromatic nitrogens is 2. The van der Waals surface area contributed by atoms with Crippen molar-refractivity contribution in [1.82, 2.24) is 14.5 Å². The van der Waals surface area contributed by atoms with Gasteiger partial charge in [-0.1, -0.05) is 35.3 Å². The lowest BCUT2D eigenvalue weighted by Crippen LogP contribution is -2.42. The summed E-state index contributed by atoms with van der Waals surface area (Å²) in [6.07, 6.45) is 0.720. The highest BCUT2D eigenvalue weighted by Crippen LogP contribution is 2.34. The summed E-state index contributed by atoms with van der Waals surface area (Å²) in [6.45, 7) is 4.73. The Kier molecular flexibility index (Phi) is 4.70. The summed E-state index contributed by atoms with van der Waals surface area (Å²) in [6, 6.07) is 15.1. The smallest absolute Gasteiger partial charge is 0.273 e. The fourth-order valence-corrected chi connectivity index (χ4v) is 3.83. The Bertz CT molecular complexity index is 1010. The van der Waals surface area contributed by atoms with Gasteiger partial charge in [0.25, 0.3) is 5.91 Å². The molecule has 3 aromatic rings. The molecule has 1 amide bonds. The van der Waals surface area contributed by atoms with Gasteiger partial charge in [0.15, 0.2) is 0 Å². The highest BCUT2D eigenvalue weighted by Gasteiger charge is 2.33. The third kappa shape index (κ3) is 3.13. The van der Waals surface area contributed by atoms with Crippen molar-refractivity contribution < 1.29 is 4.79 Å². The minimum atomic E-state index is -0.00740. The summed E-state index contributed by atoms with van der Waals surface area (Å²) >= 11 is 12.5. The number of hydrogen-bond acceptors (Lipinski definition) is 2. The monoisotopic (exact) mass is 399 g/mol. The van der Waals surface area contributed by atoms with Gasteiger partial charge in [-0.05, 0) is 50.2 Å². The molecule has 138 valence electrons. The third-order valence-electron chi connectivity index (χ3n) is 4.83. The maximum atomic E-state index is 13.3. The first kappa shape index (κ1) is 18.1. The zero-order valence-electron chi connectivity index (χ0n) is 15.1. The second kappa shape index (κ2) is 7.02. The van der Waals surface area contributed by atoms with Crippen molar-refractivity contribution in [1.29, 1.82) is 0 Å². The van der Waals surface area contributed by atoms with Crippen LogP contribution in [0.5, 0.6) is 0 Å². The number of imidazole rings is 1. The van der Waals surface area contributed by atoms with Gasteiger partial charge in [-0.3, -0.25) is 9.36 Å². The predicted molar refractivity (Wildman–Crippen MR) is 109 cm³/mol. The maximum Gasteiger partial charge on any atom is 0.273 e. The molecule has 1 aliphatic heterocycles. The summed E-state index contributed by atoms with van der Waals surface area (Å²) in [4.78, 5) is 20.0. The molecule has 0 saturated heterocycles. The topological polar surface area (TPSA) is 38.1 Å². The Morgan fingerprint density at radius 1 is 1.04 bits per heavy atom. The minimum Gasteiger partial charge on any atom is -0.334 e. The number of halogens is 2. The lowest BCUT2D eigenvalue weighted by Gasteiger charge is -2.30. The summed E-state index contributed by atoms with van der Waals surface area (Å²) in [7, 11) is 0. The van der Waals surface area contributed by atoms with Gasteiger partial charge in [-0.15, -0.1) is 0 Å². The van der Waals surface area contributed by atoms with Crippen molar-refractivity contribution in [2.75, 3.05) is 6.54 Å². The fourth-order valence-electron chi connectivity index (χ4n) is 3.48. The van der Waals surface area contributed by atoms with Crippen LogP contribution in [0.1, 0.15) is 30.0 Å². The Balaban J connectivity index is 1.99. The molecule has 4 nitrogen and oxygen atoms in total. The molecule has 0 spiro atoms. The molecule has 0 unspecified atom stereocenters. The molecular weight excluding hydrogens is 381 g/mol. The molecule has 4 rings (SSSR count). The van der Waals surface area contributed by atoms with E-state index in [1.54, 1.807) is 0 Å². The van der Waals surface area contributed by atoms with E-state index >= 15 is 0 Å². The Morgan fingerprint density at radius 2 is 1.74 bits per heavy atom. The van der Waals surface area contributed by atoms with Crippen molar-refractivity contribution in [3.8, 4) is 17.1 Å². The first-order valence-corrected chi connectivity index (χ1v) is 9.66. The van der Waals surface area contributed by atoms with Crippen LogP contribution >= 0.6 is 23.2 Å². The quantitative estimate of drug-likeness (QED) is 0.602. The van der Waals surface area contributed by atoms with Crippen LogP contribution in [0.2, 0.25) is 10.0 Å². The molecule has 0 radical (unpaired) electrons. The van der Waals surface area contributed by atoms with E-state index in [4.69, 9.17) is 28.2 Å². The molecule has 0 saturated carbocycles. The number of hydrogen-bond donors (Lipinski definition) is 0. The van der Waals surface area contributed by atoms with Crippen LogP contribution in [0.15, 0.2) is 48.5 Å². The number of fused-ring (bicyclic) bond motifs is 1. The molecule has 0 N–H and O–H groups in total. The van der Waals surface area contributed by atoms with Crippen LogP contribution in [0, 0.1) is 0 Å². The van der Waals surface area contributed by atoms with Crippen molar-refractivity contribution in [3.63, 3.8) is 0 Å². The van der Waals surface area contributed by atoms with E-state index in [1.165, 1.54) is 0 Å². The fraction of sp³-hybridized carbons (Fsp3) is 0.238. The number of carbonyl (C=O) groups is 1. The van der Waals surface area contributed by atoms with Gasteiger partial charge in [0.2, 0.25) is 0 Å². The largest absolute Gasteiger partial charge is 0.334 e. The van der Waals surface area contributed by atoms with Crippen LogP contribution in [0.4, 0.5) is 0 Å². The second-order valence-corrected chi connectivity index (χ2v) is 7.71. The number of rotatable bonds is 3. The van der Waals surface area contributed by atoms with Crippen molar-refractivity contribution in [3.05, 3.63) is 70.0 Å². The standard InChI is InChI=1S/C21H19Cl2N3O/c1-13(2)25-12-11-18-19(21(25)27)26(15-9-7-14(22)8-10-15)20(24-18)16-5-3-4-6-17(16)23/h3-10,13H,11-12H2,1-2H3. The van der Waals surface area contributed by atoms with E-state index in [1.807, 2.05) is 71.8 Å². The molecule has 0 aliphatic carbocycles. The lowest BCUT2D eigenvalue weighted by molar-refractivity contribution is 0.0678. The number of benzene rings is 2. The average Bonchev–Trinajstić information content (AvgIpc) is 3.03. The van der Waals surface area contributed by atoms with Gasteiger partial charge in [0.1, 0.15) is 11.5 Å². The van der Waals surface area contributed by atoms with Crippen LogP contribution in [0.3, 0.4) is 0 Å². The minimum absolute atomic E-state index is 0.00740. The van der Waals surface area contributed by atoms with E-state index in [2.05, 4.69) is 0 Å². The highest BCUT2D eigenvalue weighted by molar-refractivity contribution is 6.33. The normalized spacial score (nSPS) is 14.0. The number of nitrogens with zero attached hydrogens (tertiary/aromatic N) is 3. The van der Waals surface area contributed by atoms with Crippen molar-refractivity contribution in [2.24, 2.45) is 0 Å². The molecule has 0 fully saturated rings. The number of carbonyl (C=O) groups excluding carboxylic acids is 1. The van der Waals surface area contributed by atoms with Crippen LogP contribution in [-0.2, 0) is 6.42 Å².